The molecule has 1 heterocycles. The molecular formula is C30H44N4O5. The molecule has 1 aliphatic rings. The molecule has 9 heteroatoms. The van der Waals surface area contributed by atoms with E-state index in [9.17, 15) is 14.7 Å². The maximum Gasteiger partial charge on any atom is 0.258 e. The molecule has 3 rings (SSSR count). The minimum atomic E-state index is -0.354. The van der Waals surface area contributed by atoms with Crippen molar-refractivity contribution in [1.29, 1.82) is 0 Å². The summed E-state index contributed by atoms with van der Waals surface area (Å²) in [6.45, 7) is 6.42. The Morgan fingerprint density at radius 3 is 2.56 bits per heavy atom. The number of amides is 2. The quantitative estimate of drug-likeness (QED) is 0.427. The number of hydrogen-bond donors (Lipinski definition) is 2. The monoisotopic (exact) mass is 540 g/mol. The van der Waals surface area contributed by atoms with E-state index in [2.05, 4.69) is 17.1 Å². The Hall–Kier alpha value is -3.14. The summed E-state index contributed by atoms with van der Waals surface area (Å²) in [5, 5.41) is 12.8. The van der Waals surface area contributed by atoms with Crippen LogP contribution in [0.1, 0.15) is 42.6 Å². The van der Waals surface area contributed by atoms with E-state index in [0.29, 0.717) is 36.5 Å². The summed E-state index contributed by atoms with van der Waals surface area (Å²) in [6.07, 6.45) is 0.949. The van der Waals surface area contributed by atoms with Gasteiger partial charge in [-0.25, -0.2) is 0 Å². The molecule has 0 saturated heterocycles. The van der Waals surface area contributed by atoms with Crippen LogP contribution in [0.3, 0.4) is 0 Å². The molecule has 2 N–H and O–H groups in total. The van der Waals surface area contributed by atoms with Crippen LogP contribution in [0.5, 0.6) is 11.5 Å². The summed E-state index contributed by atoms with van der Waals surface area (Å²) < 4.78 is 11.8. The highest BCUT2D eigenvalue weighted by Gasteiger charge is 2.33. The first-order valence-electron chi connectivity index (χ1n) is 13.6. The maximum atomic E-state index is 13.6. The lowest BCUT2D eigenvalue weighted by molar-refractivity contribution is -0.116. The summed E-state index contributed by atoms with van der Waals surface area (Å²) >= 11 is 0. The molecule has 214 valence electrons. The number of nitrogens with zero attached hydrogens (tertiary/aromatic N) is 3. The molecule has 0 fully saturated rings. The second kappa shape index (κ2) is 14.3. The molecule has 0 aromatic heterocycles. The van der Waals surface area contributed by atoms with Gasteiger partial charge in [0.2, 0.25) is 5.91 Å². The zero-order valence-electron chi connectivity index (χ0n) is 24.1. The smallest absolute Gasteiger partial charge is 0.258 e. The number of aliphatic hydroxyl groups excluding tert-OH is 1. The number of anilines is 1. The number of methoxy groups -OCH3 is 1. The molecule has 0 saturated carbocycles. The summed E-state index contributed by atoms with van der Waals surface area (Å²) in [5.74, 6) is 1.01. The Labute approximate surface area is 232 Å². The van der Waals surface area contributed by atoms with E-state index in [0.717, 1.165) is 30.8 Å². The van der Waals surface area contributed by atoms with Crippen molar-refractivity contribution in [2.45, 2.75) is 45.4 Å². The van der Waals surface area contributed by atoms with Crippen LogP contribution in [0.2, 0.25) is 0 Å². The van der Waals surface area contributed by atoms with E-state index in [4.69, 9.17) is 9.47 Å². The lowest BCUT2D eigenvalue weighted by atomic mass is 9.99. The second-order valence-corrected chi connectivity index (χ2v) is 10.8. The predicted octanol–water partition coefficient (Wildman–Crippen LogP) is 3.33. The number of aliphatic hydroxyl groups is 1. The SMILES string of the molecule is COc1ccc(CN(C)C[C@@H]2Oc3ccc(NC(=O)CCCN(C)C)cc3C(=O)N([C@@H](C)CO)C[C@H]2C)cc1. The number of ether oxygens (including phenoxy) is 2. The highest BCUT2D eigenvalue weighted by molar-refractivity contribution is 5.99. The highest BCUT2D eigenvalue weighted by atomic mass is 16.5. The summed E-state index contributed by atoms with van der Waals surface area (Å²) in [6, 6.07) is 12.9. The Balaban J connectivity index is 1.80. The van der Waals surface area contributed by atoms with E-state index in [1.54, 1.807) is 30.2 Å². The van der Waals surface area contributed by atoms with Crippen molar-refractivity contribution < 1.29 is 24.2 Å². The van der Waals surface area contributed by atoms with Gasteiger partial charge in [0, 0.05) is 37.7 Å². The molecule has 0 aliphatic carbocycles. The van der Waals surface area contributed by atoms with Crippen LogP contribution in [0.25, 0.3) is 0 Å². The van der Waals surface area contributed by atoms with Crippen molar-refractivity contribution in [3.05, 3.63) is 53.6 Å². The largest absolute Gasteiger partial charge is 0.497 e. The zero-order valence-corrected chi connectivity index (χ0v) is 24.1. The zero-order chi connectivity index (χ0) is 28.5. The van der Waals surface area contributed by atoms with Gasteiger partial charge in [0.15, 0.2) is 0 Å². The van der Waals surface area contributed by atoms with Gasteiger partial charge in [-0.3, -0.25) is 14.5 Å². The highest BCUT2D eigenvalue weighted by Crippen LogP contribution is 2.31. The van der Waals surface area contributed by atoms with Gasteiger partial charge in [-0.2, -0.15) is 0 Å². The number of rotatable bonds is 12. The molecule has 2 aromatic carbocycles. The van der Waals surface area contributed by atoms with Gasteiger partial charge < -0.3 is 29.7 Å². The first-order chi connectivity index (χ1) is 18.6. The number of fused-ring (bicyclic) bond motifs is 1. The van der Waals surface area contributed by atoms with E-state index >= 15 is 0 Å². The summed E-state index contributed by atoms with van der Waals surface area (Å²) in [4.78, 5) is 32.1. The number of nitrogens with one attached hydrogen (secondary N) is 1. The van der Waals surface area contributed by atoms with Crippen LogP contribution < -0.4 is 14.8 Å². The molecule has 39 heavy (non-hydrogen) atoms. The van der Waals surface area contributed by atoms with Crippen molar-refractivity contribution in [2.75, 3.05) is 59.8 Å². The number of carbonyl (C=O) groups excluding carboxylic acids is 2. The number of hydrogen-bond acceptors (Lipinski definition) is 7. The van der Waals surface area contributed by atoms with Crippen molar-refractivity contribution in [3.63, 3.8) is 0 Å². The lowest BCUT2D eigenvalue weighted by Crippen LogP contribution is -2.49. The van der Waals surface area contributed by atoms with Crippen molar-refractivity contribution in [3.8, 4) is 11.5 Å². The third-order valence-electron chi connectivity index (χ3n) is 7.06. The molecule has 0 bridgehead atoms. The number of benzene rings is 2. The lowest BCUT2D eigenvalue weighted by Gasteiger charge is -2.38. The Kier molecular flexibility index (Phi) is 11.2. The normalized spacial score (nSPS) is 18.3. The topological polar surface area (TPSA) is 94.6 Å². The molecule has 2 amide bonds. The molecule has 0 radical (unpaired) electrons. The third-order valence-corrected chi connectivity index (χ3v) is 7.06. The van der Waals surface area contributed by atoms with E-state index in [1.165, 1.54) is 0 Å². The average molecular weight is 541 g/mol. The molecule has 9 nitrogen and oxygen atoms in total. The summed E-state index contributed by atoms with van der Waals surface area (Å²) in [5.41, 5.74) is 2.10. The second-order valence-electron chi connectivity index (χ2n) is 10.8. The maximum absolute atomic E-state index is 13.6. The fraction of sp³-hybridized carbons (Fsp3) is 0.533. The van der Waals surface area contributed by atoms with Gasteiger partial charge in [-0.15, -0.1) is 0 Å². The van der Waals surface area contributed by atoms with E-state index < -0.39 is 0 Å². The summed E-state index contributed by atoms with van der Waals surface area (Å²) in [7, 11) is 7.65. The van der Waals surface area contributed by atoms with Gasteiger partial charge in [-0.05, 0) is 76.9 Å². The average Bonchev–Trinajstić information content (AvgIpc) is 2.90. The fourth-order valence-corrected chi connectivity index (χ4v) is 4.71. The van der Waals surface area contributed by atoms with Gasteiger partial charge in [-0.1, -0.05) is 19.1 Å². The molecular weight excluding hydrogens is 496 g/mol. The van der Waals surface area contributed by atoms with E-state index in [-0.39, 0.29) is 36.5 Å². The number of likely N-dealkylation sites (N-methyl/N-ethyl adjacent to an activating group) is 1. The minimum Gasteiger partial charge on any atom is -0.497 e. The molecule has 2 aromatic rings. The molecule has 1 aliphatic heterocycles. The standard InChI is InChI=1S/C30H44N4O5/c1-21-17-34(22(2)20-35)30(37)26-16-24(31-29(36)8-7-15-32(3)4)11-14-27(26)39-28(21)19-33(5)18-23-9-12-25(38-6)13-10-23/h9-14,16,21-22,28,35H,7-8,15,17-20H2,1-6H3,(H,31,36)/t21-,22+,28+/m1/s1. The first-order valence-corrected chi connectivity index (χ1v) is 13.6. The van der Waals surface area contributed by atoms with E-state index in [1.807, 2.05) is 57.2 Å². The molecule has 3 atom stereocenters. The van der Waals surface area contributed by atoms with Crippen molar-refractivity contribution >= 4 is 17.5 Å². The van der Waals surface area contributed by atoms with Crippen LogP contribution in [0.15, 0.2) is 42.5 Å². The van der Waals surface area contributed by atoms with Gasteiger partial charge in [0.25, 0.3) is 5.91 Å². The van der Waals surface area contributed by atoms with Crippen LogP contribution in [0, 0.1) is 5.92 Å². The van der Waals surface area contributed by atoms with Gasteiger partial charge in [0.05, 0.1) is 25.3 Å². The third kappa shape index (κ3) is 8.68. The van der Waals surface area contributed by atoms with Crippen molar-refractivity contribution in [2.24, 2.45) is 5.92 Å². The minimum absolute atomic E-state index is 0.0190. The van der Waals surface area contributed by atoms with Crippen LogP contribution in [-0.4, -0.2) is 98.3 Å². The Morgan fingerprint density at radius 1 is 1.21 bits per heavy atom. The van der Waals surface area contributed by atoms with Crippen LogP contribution in [-0.2, 0) is 11.3 Å². The Morgan fingerprint density at radius 2 is 1.92 bits per heavy atom. The van der Waals surface area contributed by atoms with Gasteiger partial charge in [0.1, 0.15) is 17.6 Å². The van der Waals surface area contributed by atoms with Crippen LogP contribution in [0.4, 0.5) is 5.69 Å². The fourth-order valence-electron chi connectivity index (χ4n) is 4.71. The Bertz CT molecular complexity index is 1090. The van der Waals surface area contributed by atoms with Crippen molar-refractivity contribution in [1.82, 2.24) is 14.7 Å². The van der Waals surface area contributed by atoms with Gasteiger partial charge >= 0.3 is 0 Å². The first kappa shape index (κ1) is 30.4. The van der Waals surface area contributed by atoms with Crippen LogP contribution >= 0.6 is 0 Å². The number of carbonyl (C=O) groups is 2. The molecule has 0 spiro atoms. The molecule has 0 unspecified atom stereocenters. The predicted molar refractivity (Wildman–Crippen MR) is 153 cm³/mol.